The van der Waals surface area contributed by atoms with Crippen LogP contribution in [0.2, 0.25) is 0 Å². The van der Waals surface area contributed by atoms with E-state index in [1.165, 1.54) is 26.4 Å². The van der Waals surface area contributed by atoms with Gasteiger partial charge in [0.2, 0.25) is 0 Å². The van der Waals surface area contributed by atoms with Crippen molar-refractivity contribution in [2.75, 3.05) is 0 Å². The molecule has 1 nitrogen and oxygen atoms in total. The molecule has 0 aliphatic rings. The van der Waals surface area contributed by atoms with Crippen LogP contribution in [0.25, 0.3) is 0 Å². The highest BCUT2D eigenvalue weighted by molar-refractivity contribution is 9.08. The molecule has 0 spiro atoms. The first-order valence-corrected chi connectivity index (χ1v) is 8.44. The summed E-state index contributed by atoms with van der Waals surface area (Å²) in [5.74, 6) is 1.02. The average Bonchev–Trinajstić information content (AvgIpc) is 2.85. The molecule has 0 saturated heterocycles. The van der Waals surface area contributed by atoms with E-state index in [0.717, 1.165) is 17.5 Å². The monoisotopic (exact) mass is 338 g/mol. The number of ether oxygens (including phenoxy) is 1. The second-order valence-corrected chi connectivity index (χ2v) is 6.52. The molecule has 0 amide bonds. The van der Waals surface area contributed by atoms with E-state index in [9.17, 15) is 0 Å². The molecule has 0 aliphatic heterocycles. The van der Waals surface area contributed by atoms with Gasteiger partial charge in [0.15, 0.2) is 0 Å². The van der Waals surface area contributed by atoms with Crippen LogP contribution in [0, 0.1) is 13.8 Å². The zero-order valence-electron chi connectivity index (χ0n) is 11.6. The van der Waals surface area contributed by atoms with Gasteiger partial charge in [-0.2, -0.15) is 0 Å². The van der Waals surface area contributed by atoms with Crippen molar-refractivity contribution in [3.05, 3.63) is 50.7 Å². The Morgan fingerprint density at radius 1 is 1.11 bits per heavy atom. The largest absolute Gasteiger partial charge is 0.488 e. The summed E-state index contributed by atoms with van der Waals surface area (Å²) in [6, 6.07) is 8.73. The summed E-state index contributed by atoms with van der Waals surface area (Å²) in [6.45, 7) is 7.07. The third-order valence-electron chi connectivity index (χ3n) is 3.10. The molecule has 0 radical (unpaired) electrons. The molecule has 1 heterocycles. The number of hydrogen-bond donors (Lipinski definition) is 0. The molecule has 102 valence electrons. The zero-order valence-corrected chi connectivity index (χ0v) is 14.0. The van der Waals surface area contributed by atoms with Crippen LogP contribution < -0.4 is 4.74 Å². The molecule has 0 N–H and O–H groups in total. The maximum atomic E-state index is 6.01. The van der Waals surface area contributed by atoms with Crippen molar-refractivity contribution >= 4 is 27.3 Å². The Kier molecular flexibility index (Phi) is 5.06. The number of benzene rings is 1. The highest BCUT2D eigenvalue weighted by Gasteiger charge is 2.07. The molecule has 1 aromatic carbocycles. The standard InChI is InChI=1S/C16H19BrOS/c1-4-14-5-6-15(19-14)10-18-16-11(2)7-13(9-17)8-12(16)3/h5-8H,4,9-10H2,1-3H3. The first-order chi connectivity index (χ1) is 9.13. The van der Waals surface area contributed by atoms with Gasteiger partial charge in [0.1, 0.15) is 12.4 Å². The Hall–Kier alpha value is -0.800. The van der Waals surface area contributed by atoms with Crippen LogP contribution in [-0.2, 0) is 18.4 Å². The van der Waals surface area contributed by atoms with Crippen LogP contribution in [0.1, 0.15) is 33.4 Å². The fourth-order valence-corrected chi connectivity index (χ4v) is 3.37. The molecule has 0 bridgehead atoms. The summed E-state index contributed by atoms with van der Waals surface area (Å²) in [5, 5.41) is 0.889. The minimum atomic E-state index is 0.667. The topological polar surface area (TPSA) is 9.23 Å². The van der Waals surface area contributed by atoms with Gasteiger partial charge in [-0.1, -0.05) is 35.0 Å². The number of alkyl halides is 1. The van der Waals surface area contributed by atoms with Gasteiger partial charge in [-0.25, -0.2) is 0 Å². The maximum absolute atomic E-state index is 6.01. The van der Waals surface area contributed by atoms with Crippen molar-refractivity contribution in [1.82, 2.24) is 0 Å². The summed E-state index contributed by atoms with van der Waals surface area (Å²) in [6.07, 6.45) is 1.10. The molecule has 0 fully saturated rings. The van der Waals surface area contributed by atoms with Crippen molar-refractivity contribution in [3.63, 3.8) is 0 Å². The Morgan fingerprint density at radius 2 is 1.74 bits per heavy atom. The number of aryl methyl sites for hydroxylation is 3. The molecule has 2 rings (SSSR count). The lowest BCUT2D eigenvalue weighted by molar-refractivity contribution is 0.305. The van der Waals surface area contributed by atoms with Crippen LogP contribution in [0.15, 0.2) is 24.3 Å². The summed E-state index contributed by atoms with van der Waals surface area (Å²) >= 11 is 5.34. The van der Waals surface area contributed by atoms with Crippen molar-refractivity contribution in [2.24, 2.45) is 0 Å². The Labute approximate surface area is 127 Å². The van der Waals surface area contributed by atoms with Gasteiger partial charge >= 0.3 is 0 Å². The summed E-state index contributed by atoms with van der Waals surface area (Å²) < 4.78 is 6.01. The van der Waals surface area contributed by atoms with Gasteiger partial charge < -0.3 is 4.74 Å². The van der Waals surface area contributed by atoms with E-state index in [4.69, 9.17) is 4.74 Å². The second kappa shape index (κ2) is 6.58. The summed E-state index contributed by atoms with van der Waals surface area (Å²) in [7, 11) is 0. The number of halogens is 1. The van der Waals surface area contributed by atoms with E-state index in [0.29, 0.717) is 6.61 Å². The molecule has 2 aromatic rings. The lowest BCUT2D eigenvalue weighted by Crippen LogP contribution is -1.98. The van der Waals surface area contributed by atoms with E-state index < -0.39 is 0 Å². The molecule has 3 heteroatoms. The van der Waals surface area contributed by atoms with E-state index in [-0.39, 0.29) is 0 Å². The van der Waals surface area contributed by atoms with Gasteiger partial charge in [-0.15, -0.1) is 11.3 Å². The normalized spacial score (nSPS) is 10.7. The van der Waals surface area contributed by atoms with E-state index >= 15 is 0 Å². The van der Waals surface area contributed by atoms with Gasteiger partial charge in [-0.3, -0.25) is 0 Å². The van der Waals surface area contributed by atoms with Crippen LogP contribution in [-0.4, -0.2) is 0 Å². The van der Waals surface area contributed by atoms with Crippen LogP contribution in [0.3, 0.4) is 0 Å². The molecule has 1 aromatic heterocycles. The lowest BCUT2D eigenvalue weighted by Gasteiger charge is -2.13. The molecule has 19 heavy (non-hydrogen) atoms. The Bertz CT molecular complexity index is 537. The van der Waals surface area contributed by atoms with Gasteiger partial charge in [0.25, 0.3) is 0 Å². The molecule has 0 unspecified atom stereocenters. The summed E-state index contributed by atoms with van der Waals surface area (Å²) in [4.78, 5) is 2.71. The number of hydrogen-bond acceptors (Lipinski definition) is 2. The number of rotatable bonds is 5. The van der Waals surface area contributed by atoms with Crippen LogP contribution in [0.4, 0.5) is 0 Å². The third kappa shape index (κ3) is 3.61. The van der Waals surface area contributed by atoms with Crippen LogP contribution in [0.5, 0.6) is 5.75 Å². The highest BCUT2D eigenvalue weighted by Crippen LogP contribution is 2.27. The minimum Gasteiger partial charge on any atom is -0.488 e. The predicted molar refractivity (Wildman–Crippen MR) is 86.6 cm³/mol. The quantitative estimate of drug-likeness (QED) is 0.663. The van der Waals surface area contributed by atoms with Crippen molar-refractivity contribution in [3.8, 4) is 5.75 Å². The highest BCUT2D eigenvalue weighted by atomic mass is 79.9. The first-order valence-electron chi connectivity index (χ1n) is 6.50. The van der Waals surface area contributed by atoms with E-state index in [1.807, 2.05) is 11.3 Å². The molecule has 0 saturated carbocycles. The van der Waals surface area contributed by atoms with Crippen molar-refractivity contribution in [2.45, 2.75) is 39.1 Å². The Morgan fingerprint density at radius 3 is 2.26 bits per heavy atom. The summed E-state index contributed by atoms with van der Waals surface area (Å²) in [5.41, 5.74) is 3.72. The van der Waals surface area contributed by atoms with Crippen molar-refractivity contribution < 1.29 is 4.74 Å². The van der Waals surface area contributed by atoms with Gasteiger partial charge in [-0.05, 0) is 49.1 Å². The molecule has 0 aliphatic carbocycles. The van der Waals surface area contributed by atoms with E-state index in [1.54, 1.807) is 0 Å². The molecular formula is C16H19BrOS. The van der Waals surface area contributed by atoms with E-state index in [2.05, 4.69) is 61.0 Å². The minimum absolute atomic E-state index is 0.667. The van der Waals surface area contributed by atoms with Gasteiger partial charge in [0, 0.05) is 15.1 Å². The van der Waals surface area contributed by atoms with Crippen LogP contribution >= 0.6 is 27.3 Å². The first kappa shape index (κ1) is 14.6. The number of thiophene rings is 1. The van der Waals surface area contributed by atoms with Crippen molar-refractivity contribution in [1.29, 1.82) is 0 Å². The zero-order chi connectivity index (χ0) is 13.8. The maximum Gasteiger partial charge on any atom is 0.125 e. The Balaban J connectivity index is 2.11. The predicted octanol–water partition coefficient (Wildman–Crippen LogP) is 5.40. The SMILES string of the molecule is CCc1ccc(COc2c(C)cc(CBr)cc2C)s1. The molecular weight excluding hydrogens is 320 g/mol. The fraction of sp³-hybridized carbons (Fsp3) is 0.375. The van der Waals surface area contributed by atoms with Gasteiger partial charge in [0.05, 0.1) is 0 Å². The average molecular weight is 339 g/mol. The second-order valence-electron chi connectivity index (χ2n) is 4.70. The smallest absolute Gasteiger partial charge is 0.125 e. The molecule has 0 atom stereocenters. The lowest BCUT2D eigenvalue weighted by atomic mass is 10.1. The fourth-order valence-electron chi connectivity index (χ4n) is 2.18. The third-order valence-corrected chi connectivity index (χ3v) is 4.95.